The number of amides is 2. The Balaban J connectivity index is 1.28. The van der Waals surface area contributed by atoms with Crippen LogP contribution in [-0.4, -0.2) is 97.9 Å². The largest absolute Gasteiger partial charge is 0.444 e. The predicted molar refractivity (Wildman–Crippen MR) is 185 cm³/mol. The summed E-state index contributed by atoms with van der Waals surface area (Å²) in [6.07, 6.45) is 12.1. The fourth-order valence-electron chi connectivity index (χ4n) is 5.87. The molecule has 2 N–H and O–H groups in total. The Kier molecular flexibility index (Phi) is 9.08. The number of thiophene rings is 1. The highest BCUT2D eigenvalue weighted by molar-refractivity contribution is 7.88. The van der Waals surface area contributed by atoms with E-state index in [1.165, 1.54) is 21.9 Å². The normalized spacial score (nSPS) is 16.6. The summed E-state index contributed by atoms with van der Waals surface area (Å²) in [5, 5.41) is 11.6. The molecule has 256 valence electrons. The summed E-state index contributed by atoms with van der Waals surface area (Å²) in [6.45, 7) is 9.10. The van der Waals surface area contributed by atoms with Gasteiger partial charge in [-0.25, -0.2) is 27.5 Å². The number of aromatic nitrogens is 5. The summed E-state index contributed by atoms with van der Waals surface area (Å²) >= 11 is 1.32. The summed E-state index contributed by atoms with van der Waals surface area (Å²) in [7, 11) is -1.39. The molecule has 1 fully saturated rings. The number of aryl methyl sites for hydroxylation is 2. The van der Waals surface area contributed by atoms with Gasteiger partial charge >= 0.3 is 6.09 Å². The van der Waals surface area contributed by atoms with Crippen LogP contribution in [0, 0.1) is 6.92 Å². The number of nitrogens with one attached hydrogen (secondary N) is 2. The van der Waals surface area contributed by atoms with Crippen LogP contribution in [-0.2, 0) is 21.8 Å². The van der Waals surface area contributed by atoms with Gasteiger partial charge in [-0.15, -0.1) is 11.3 Å². The quantitative estimate of drug-likeness (QED) is 0.286. The van der Waals surface area contributed by atoms with Crippen LogP contribution in [0.3, 0.4) is 0 Å². The summed E-state index contributed by atoms with van der Waals surface area (Å²) < 4.78 is 34.6. The number of ether oxygens (including phenoxy) is 1. The molecular formula is C32H41N9O5S2. The van der Waals surface area contributed by atoms with Crippen molar-refractivity contribution in [2.45, 2.75) is 58.6 Å². The Morgan fingerprint density at radius 2 is 1.85 bits per heavy atom. The Morgan fingerprint density at radius 3 is 2.52 bits per heavy atom. The van der Waals surface area contributed by atoms with Gasteiger partial charge in [0.2, 0.25) is 10.0 Å². The highest BCUT2D eigenvalue weighted by Crippen LogP contribution is 2.33. The van der Waals surface area contributed by atoms with Crippen LogP contribution in [0.25, 0.3) is 22.5 Å². The van der Waals surface area contributed by atoms with Gasteiger partial charge in [-0.05, 0) is 64.2 Å². The van der Waals surface area contributed by atoms with Gasteiger partial charge in [-0.3, -0.25) is 13.9 Å². The Hall–Kier alpha value is -4.28. The number of sulfonamides is 1. The molecule has 0 atom stereocenters. The zero-order valence-corrected chi connectivity index (χ0v) is 29.6. The molecular weight excluding hydrogens is 655 g/mol. The lowest BCUT2D eigenvalue weighted by molar-refractivity contribution is 0.0272. The lowest BCUT2D eigenvalue weighted by Crippen LogP contribution is -2.46. The van der Waals surface area contributed by atoms with Crippen LogP contribution < -0.4 is 10.6 Å². The van der Waals surface area contributed by atoms with Crippen LogP contribution in [0.2, 0.25) is 0 Å². The van der Waals surface area contributed by atoms with Gasteiger partial charge in [0.15, 0.2) is 11.5 Å². The standard InChI is InChI=1S/C32H41N9O5S2/c1-20-14-26(47-27(20)30(42)35-23-9-12-40(13-10-23)48(6,44)45)37-28-29-33-16-25(22-15-34-38(5)17-22)41(29)19-24(36-28)21-8-7-11-39(18-21)31(43)46-32(2,3)4/h8,14-17,19,23H,7,9-13,18H2,1-6H3,(H,35,42)(H,36,37). The number of fused-ring (bicyclic) bond motifs is 1. The van der Waals surface area contributed by atoms with E-state index in [9.17, 15) is 18.0 Å². The summed E-state index contributed by atoms with van der Waals surface area (Å²) in [5.74, 6) is 0.309. The average Bonchev–Trinajstić information content (AvgIpc) is 3.74. The van der Waals surface area contributed by atoms with Gasteiger partial charge in [0.1, 0.15) is 5.60 Å². The van der Waals surface area contributed by atoms with Gasteiger partial charge in [0, 0.05) is 50.7 Å². The molecule has 6 heterocycles. The summed E-state index contributed by atoms with van der Waals surface area (Å²) in [6, 6.07) is 1.80. The van der Waals surface area contributed by atoms with Gasteiger partial charge in [0.05, 0.1) is 46.5 Å². The molecule has 4 aromatic heterocycles. The minimum Gasteiger partial charge on any atom is -0.444 e. The first-order valence-corrected chi connectivity index (χ1v) is 18.5. The molecule has 6 rings (SSSR count). The third-order valence-corrected chi connectivity index (χ3v) is 10.7. The van der Waals surface area contributed by atoms with E-state index < -0.39 is 15.6 Å². The summed E-state index contributed by atoms with van der Waals surface area (Å²) in [4.78, 5) is 38.2. The first kappa shape index (κ1) is 33.6. The molecule has 0 bridgehead atoms. The second kappa shape index (κ2) is 13.0. The SMILES string of the molecule is Cc1cc(Nc2nc(C3=CCCN(C(=O)OC(C)(C)C)C3)cn3c(-c4cnn(C)c4)cnc23)sc1C(=O)NC1CCN(S(C)(=O)=O)CC1. The first-order valence-electron chi connectivity index (χ1n) is 15.8. The molecule has 0 aliphatic carbocycles. The molecule has 2 aliphatic heterocycles. The maximum Gasteiger partial charge on any atom is 0.410 e. The number of imidazole rings is 1. The van der Waals surface area contributed by atoms with Crippen LogP contribution in [0.4, 0.5) is 15.6 Å². The number of carbonyl (C=O) groups excluding carboxylic acids is 2. The van der Waals surface area contributed by atoms with Gasteiger partial charge in [-0.1, -0.05) is 6.08 Å². The molecule has 0 radical (unpaired) electrons. The van der Waals surface area contributed by atoms with E-state index in [0.717, 1.165) is 27.4 Å². The number of rotatable bonds is 7. The molecule has 1 saturated heterocycles. The number of piperidine rings is 1. The van der Waals surface area contributed by atoms with Gasteiger partial charge < -0.3 is 20.3 Å². The van der Waals surface area contributed by atoms with Gasteiger partial charge in [0.25, 0.3) is 5.91 Å². The number of nitrogens with zero attached hydrogens (tertiary/aromatic N) is 7. The third kappa shape index (κ3) is 7.39. The topological polar surface area (TPSA) is 156 Å². The molecule has 0 aromatic carbocycles. The zero-order valence-electron chi connectivity index (χ0n) is 28.0. The minimum absolute atomic E-state index is 0.105. The van der Waals surface area contributed by atoms with Crippen LogP contribution in [0.5, 0.6) is 0 Å². The van der Waals surface area contributed by atoms with Crippen LogP contribution in [0.15, 0.2) is 36.9 Å². The molecule has 14 nitrogen and oxygen atoms in total. The Labute approximate surface area is 283 Å². The van der Waals surface area contributed by atoms with Crippen molar-refractivity contribution in [2.75, 3.05) is 37.8 Å². The smallest absolute Gasteiger partial charge is 0.410 e. The molecule has 2 amide bonds. The van der Waals surface area contributed by atoms with Crippen molar-refractivity contribution < 1.29 is 22.7 Å². The highest BCUT2D eigenvalue weighted by Gasteiger charge is 2.28. The third-order valence-electron chi connectivity index (χ3n) is 8.25. The number of hydrogen-bond acceptors (Lipinski definition) is 10. The second-order valence-corrected chi connectivity index (χ2v) is 16.3. The van der Waals surface area contributed by atoms with Crippen molar-refractivity contribution in [3.63, 3.8) is 0 Å². The zero-order chi connectivity index (χ0) is 34.4. The monoisotopic (exact) mass is 695 g/mol. The lowest BCUT2D eigenvalue weighted by atomic mass is 10.1. The van der Waals surface area contributed by atoms with Crippen molar-refractivity contribution in [2.24, 2.45) is 7.05 Å². The molecule has 0 spiro atoms. The van der Waals surface area contributed by atoms with E-state index in [-0.39, 0.29) is 18.0 Å². The predicted octanol–water partition coefficient (Wildman–Crippen LogP) is 4.42. The van der Waals surface area contributed by atoms with E-state index in [1.807, 2.05) is 57.6 Å². The highest BCUT2D eigenvalue weighted by atomic mass is 32.2. The van der Waals surface area contributed by atoms with Crippen LogP contribution >= 0.6 is 11.3 Å². The van der Waals surface area contributed by atoms with Crippen molar-refractivity contribution >= 4 is 55.4 Å². The molecule has 0 unspecified atom stereocenters. The Morgan fingerprint density at radius 1 is 1.10 bits per heavy atom. The molecule has 2 aliphatic rings. The second-order valence-electron chi connectivity index (χ2n) is 13.3. The number of carbonyl (C=O) groups is 2. The van der Waals surface area contributed by atoms with Crippen molar-refractivity contribution in [1.82, 2.24) is 38.7 Å². The fraction of sp³-hybridized carbons (Fsp3) is 0.469. The summed E-state index contributed by atoms with van der Waals surface area (Å²) in [5.41, 5.74) is 4.06. The molecule has 16 heteroatoms. The lowest BCUT2D eigenvalue weighted by Gasteiger charge is -2.30. The van der Waals surface area contributed by atoms with E-state index in [0.29, 0.717) is 67.5 Å². The van der Waals surface area contributed by atoms with Crippen molar-refractivity contribution in [1.29, 1.82) is 0 Å². The molecule has 4 aromatic rings. The van der Waals surface area contributed by atoms with Crippen molar-refractivity contribution in [3.05, 3.63) is 53.1 Å². The maximum atomic E-state index is 13.3. The Bertz CT molecular complexity index is 2000. The van der Waals surface area contributed by atoms with E-state index >= 15 is 0 Å². The van der Waals surface area contributed by atoms with Crippen molar-refractivity contribution in [3.8, 4) is 11.3 Å². The first-order chi connectivity index (χ1) is 22.6. The fourth-order valence-corrected chi connectivity index (χ4v) is 7.72. The van der Waals surface area contributed by atoms with E-state index in [1.54, 1.807) is 22.0 Å². The van der Waals surface area contributed by atoms with E-state index in [4.69, 9.17) is 14.7 Å². The molecule has 0 saturated carbocycles. The van der Waals surface area contributed by atoms with E-state index in [2.05, 4.69) is 21.8 Å². The maximum absolute atomic E-state index is 13.3. The number of anilines is 2. The number of hydrogen-bond donors (Lipinski definition) is 2. The molecule has 48 heavy (non-hydrogen) atoms. The average molecular weight is 696 g/mol. The minimum atomic E-state index is -3.24. The van der Waals surface area contributed by atoms with Gasteiger partial charge in [-0.2, -0.15) is 5.10 Å². The van der Waals surface area contributed by atoms with Crippen LogP contribution in [0.1, 0.15) is 61.0 Å².